The normalized spacial score (nSPS) is 24.4. The quantitative estimate of drug-likeness (QED) is 0.395. The summed E-state index contributed by atoms with van der Waals surface area (Å²) in [6.45, 7) is 2.06. The summed E-state index contributed by atoms with van der Waals surface area (Å²) in [5.41, 5.74) is 4.90. The lowest BCUT2D eigenvalue weighted by atomic mass is 9.73. The fraction of sp³-hybridized carbons (Fsp3) is 0.579. The van der Waals surface area contributed by atoms with Gasteiger partial charge in [-0.25, -0.2) is 0 Å². The lowest BCUT2D eigenvalue weighted by Crippen LogP contribution is -2.46. The molecule has 8 heteroatoms. The second-order valence-corrected chi connectivity index (χ2v) is 6.73. The summed E-state index contributed by atoms with van der Waals surface area (Å²) in [5, 5.41) is 0. The molecule has 0 bridgehead atoms. The van der Waals surface area contributed by atoms with Crippen LogP contribution in [0.1, 0.15) is 31.2 Å². The van der Waals surface area contributed by atoms with Crippen LogP contribution in [0.15, 0.2) is 18.2 Å². The van der Waals surface area contributed by atoms with Crippen molar-refractivity contribution in [3.8, 4) is 11.5 Å². The van der Waals surface area contributed by atoms with Crippen molar-refractivity contribution < 1.29 is 33.3 Å². The standard InChI is InChI=1S/C19H27NO7/c1-12-7-15(19(9-12,17(20)21)18(22)25-4)14-8-13(26-10-23-2)5-6-16(14)27-11-24-3/h5-6,8,12,15H,7,9-11H2,1-4H3,(H2,20,21)/t12-,15-,19+/m0/s1. The minimum absolute atomic E-state index is 0.0232. The van der Waals surface area contributed by atoms with E-state index < -0.39 is 23.2 Å². The number of carbonyl (C=O) groups excluding carboxylic acids is 2. The maximum Gasteiger partial charge on any atom is 0.322 e. The lowest BCUT2D eigenvalue weighted by Gasteiger charge is -2.31. The van der Waals surface area contributed by atoms with Gasteiger partial charge in [0, 0.05) is 25.7 Å². The maximum atomic E-state index is 12.6. The summed E-state index contributed by atoms with van der Waals surface area (Å²) >= 11 is 0. The van der Waals surface area contributed by atoms with E-state index in [4.69, 9.17) is 29.4 Å². The van der Waals surface area contributed by atoms with Crippen molar-refractivity contribution in [2.24, 2.45) is 17.1 Å². The largest absolute Gasteiger partial charge is 0.468 e. The number of benzene rings is 1. The molecule has 3 atom stereocenters. The fourth-order valence-electron chi connectivity index (χ4n) is 3.82. The minimum atomic E-state index is -1.46. The Morgan fingerprint density at radius 2 is 1.81 bits per heavy atom. The second-order valence-electron chi connectivity index (χ2n) is 6.73. The molecule has 0 aromatic heterocycles. The average molecular weight is 381 g/mol. The number of carbonyl (C=O) groups is 2. The average Bonchev–Trinajstić information content (AvgIpc) is 3.02. The van der Waals surface area contributed by atoms with Gasteiger partial charge in [-0.05, 0) is 37.0 Å². The zero-order valence-electron chi connectivity index (χ0n) is 16.2. The van der Waals surface area contributed by atoms with Gasteiger partial charge in [0.15, 0.2) is 19.0 Å². The molecule has 0 radical (unpaired) electrons. The second kappa shape index (κ2) is 9.05. The topological polar surface area (TPSA) is 106 Å². The number of primary amides is 1. The lowest BCUT2D eigenvalue weighted by molar-refractivity contribution is -0.158. The van der Waals surface area contributed by atoms with Crippen molar-refractivity contribution >= 4 is 11.9 Å². The van der Waals surface area contributed by atoms with Gasteiger partial charge < -0.3 is 29.4 Å². The highest BCUT2D eigenvalue weighted by Crippen LogP contribution is 2.55. The van der Waals surface area contributed by atoms with Crippen molar-refractivity contribution in [2.75, 3.05) is 34.9 Å². The van der Waals surface area contributed by atoms with Crippen molar-refractivity contribution in [1.82, 2.24) is 0 Å². The number of nitrogens with two attached hydrogens (primary N) is 1. The third-order valence-electron chi connectivity index (χ3n) is 4.93. The van der Waals surface area contributed by atoms with E-state index in [0.29, 0.717) is 29.9 Å². The number of rotatable bonds is 9. The summed E-state index contributed by atoms with van der Waals surface area (Å²) in [4.78, 5) is 25.1. The summed E-state index contributed by atoms with van der Waals surface area (Å²) in [6, 6.07) is 5.18. The smallest absolute Gasteiger partial charge is 0.322 e. The van der Waals surface area contributed by atoms with E-state index >= 15 is 0 Å². The van der Waals surface area contributed by atoms with Crippen molar-refractivity contribution in [2.45, 2.75) is 25.7 Å². The third-order valence-corrected chi connectivity index (χ3v) is 4.93. The Balaban J connectivity index is 2.56. The molecule has 27 heavy (non-hydrogen) atoms. The first kappa shape index (κ1) is 21.0. The van der Waals surface area contributed by atoms with Crippen LogP contribution in [-0.4, -0.2) is 46.8 Å². The van der Waals surface area contributed by atoms with Crippen LogP contribution in [0.4, 0.5) is 0 Å². The predicted molar refractivity (Wildman–Crippen MR) is 96.2 cm³/mol. The molecule has 1 saturated carbocycles. The Labute approximate surface area is 158 Å². The molecule has 1 fully saturated rings. The van der Waals surface area contributed by atoms with E-state index in [1.165, 1.54) is 21.3 Å². The molecule has 1 aromatic carbocycles. The number of esters is 1. The molecular formula is C19H27NO7. The summed E-state index contributed by atoms with van der Waals surface area (Å²) in [7, 11) is 4.29. The van der Waals surface area contributed by atoms with Crippen LogP contribution in [0, 0.1) is 11.3 Å². The van der Waals surface area contributed by atoms with Gasteiger partial charge in [-0.1, -0.05) is 6.92 Å². The van der Waals surface area contributed by atoms with E-state index in [9.17, 15) is 9.59 Å². The first-order valence-corrected chi connectivity index (χ1v) is 8.66. The fourth-order valence-corrected chi connectivity index (χ4v) is 3.82. The molecule has 1 aliphatic rings. The van der Waals surface area contributed by atoms with Gasteiger partial charge in [-0.2, -0.15) is 0 Å². The molecule has 0 spiro atoms. The van der Waals surface area contributed by atoms with Crippen LogP contribution < -0.4 is 15.2 Å². The first-order chi connectivity index (χ1) is 12.9. The highest BCUT2D eigenvalue weighted by Gasteiger charge is 2.58. The third kappa shape index (κ3) is 4.17. The zero-order valence-corrected chi connectivity index (χ0v) is 16.2. The molecule has 0 unspecified atom stereocenters. The van der Waals surface area contributed by atoms with E-state index in [1.807, 2.05) is 6.92 Å². The van der Waals surface area contributed by atoms with Gasteiger partial charge in [0.2, 0.25) is 5.91 Å². The Morgan fingerprint density at radius 1 is 1.15 bits per heavy atom. The first-order valence-electron chi connectivity index (χ1n) is 8.66. The highest BCUT2D eigenvalue weighted by molar-refractivity contribution is 6.03. The van der Waals surface area contributed by atoms with E-state index in [0.717, 1.165) is 0 Å². The summed E-state index contributed by atoms with van der Waals surface area (Å²) < 4.78 is 26.1. The van der Waals surface area contributed by atoms with Gasteiger partial charge in [-0.15, -0.1) is 0 Å². The van der Waals surface area contributed by atoms with Gasteiger partial charge in [-0.3, -0.25) is 9.59 Å². The SMILES string of the molecule is COCOc1ccc(OCOC)c([C@@H]2C[C@H](C)C[C@@]2(C(N)=O)C(=O)OC)c1. The van der Waals surface area contributed by atoms with Crippen LogP contribution in [0.3, 0.4) is 0 Å². The van der Waals surface area contributed by atoms with Gasteiger partial charge >= 0.3 is 5.97 Å². The molecule has 0 aliphatic heterocycles. The van der Waals surface area contributed by atoms with Crippen LogP contribution in [0.5, 0.6) is 11.5 Å². The van der Waals surface area contributed by atoms with E-state index in [2.05, 4.69) is 0 Å². The van der Waals surface area contributed by atoms with E-state index in [-0.39, 0.29) is 19.5 Å². The van der Waals surface area contributed by atoms with Crippen molar-refractivity contribution in [3.05, 3.63) is 23.8 Å². The Kier molecular flexibility index (Phi) is 7.04. The number of hydrogen-bond donors (Lipinski definition) is 1. The molecular weight excluding hydrogens is 354 g/mol. The molecule has 0 saturated heterocycles. The Morgan fingerprint density at radius 3 is 2.41 bits per heavy atom. The number of methoxy groups -OCH3 is 3. The van der Waals surface area contributed by atoms with Gasteiger partial charge in [0.1, 0.15) is 11.5 Å². The summed E-state index contributed by atoms with van der Waals surface area (Å²) in [5.74, 6) is -0.722. The van der Waals surface area contributed by atoms with E-state index in [1.54, 1.807) is 18.2 Å². The Bertz CT molecular complexity index is 678. The minimum Gasteiger partial charge on any atom is -0.468 e. The maximum absolute atomic E-state index is 12.6. The van der Waals surface area contributed by atoms with Gasteiger partial charge in [0.05, 0.1) is 7.11 Å². The molecule has 2 rings (SSSR count). The Hall–Kier alpha value is -2.32. The highest BCUT2D eigenvalue weighted by atomic mass is 16.7. The molecule has 1 aliphatic carbocycles. The van der Waals surface area contributed by atoms with Crippen LogP contribution in [-0.2, 0) is 23.8 Å². The number of hydrogen-bond acceptors (Lipinski definition) is 7. The monoisotopic (exact) mass is 381 g/mol. The number of amides is 1. The summed E-state index contributed by atoms with van der Waals surface area (Å²) in [6.07, 6.45) is 0.891. The van der Waals surface area contributed by atoms with Crippen LogP contribution in [0.25, 0.3) is 0 Å². The van der Waals surface area contributed by atoms with Crippen molar-refractivity contribution in [3.63, 3.8) is 0 Å². The molecule has 1 amide bonds. The number of ether oxygens (including phenoxy) is 5. The molecule has 0 heterocycles. The molecule has 2 N–H and O–H groups in total. The molecule has 8 nitrogen and oxygen atoms in total. The molecule has 150 valence electrons. The van der Waals surface area contributed by atoms with Crippen molar-refractivity contribution in [1.29, 1.82) is 0 Å². The van der Waals surface area contributed by atoms with Crippen LogP contribution in [0.2, 0.25) is 0 Å². The van der Waals surface area contributed by atoms with Crippen LogP contribution >= 0.6 is 0 Å². The predicted octanol–water partition coefficient (Wildman–Crippen LogP) is 1.81. The molecule has 1 aromatic rings. The zero-order chi connectivity index (χ0) is 20.0. The van der Waals surface area contributed by atoms with Gasteiger partial charge in [0.25, 0.3) is 0 Å².